The molecule has 0 bridgehead atoms. The van der Waals surface area contributed by atoms with Gasteiger partial charge in [0.1, 0.15) is 0 Å². The van der Waals surface area contributed by atoms with Crippen LogP contribution < -0.4 is 10.6 Å². The first-order chi connectivity index (χ1) is 9.13. The van der Waals surface area contributed by atoms with Crippen LogP contribution in [0.5, 0.6) is 0 Å². The molecule has 1 amide bonds. The molecule has 0 radical (unpaired) electrons. The average molecular weight is 270 g/mol. The van der Waals surface area contributed by atoms with Crippen LogP contribution in [-0.4, -0.2) is 36.6 Å². The number of piperidine rings is 1. The Morgan fingerprint density at radius 2 is 2.21 bits per heavy atom. The molecule has 5 nitrogen and oxygen atoms in total. The number of carboxylic acid groups (broad SMARTS) is 1. The van der Waals surface area contributed by atoms with Gasteiger partial charge in [0.2, 0.25) is 5.91 Å². The summed E-state index contributed by atoms with van der Waals surface area (Å²) in [5.41, 5.74) is 0. The minimum absolute atomic E-state index is 0.104. The van der Waals surface area contributed by atoms with E-state index < -0.39 is 5.97 Å². The minimum Gasteiger partial charge on any atom is -0.481 e. The number of carbonyl (C=O) groups excluding carboxylic acids is 1. The van der Waals surface area contributed by atoms with Crippen molar-refractivity contribution in [1.82, 2.24) is 10.6 Å². The molecule has 0 spiro atoms. The average Bonchev–Trinajstić information content (AvgIpc) is 2.43. The van der Waals surface area contributed by atoms with Gasteiger partial charge in [-0.3, -0.25) is 9.59 Å². The fourth-order valence-electron chi connectivity index (χ4n) is 2.50. The third-order valence-corrected chi connectivity index (χ3v) is 3.86. The van der Waals surface area contributed by atoms with Crippen LogP contribution in [0.4, 0.5) is 0 Å². The Hall–Kier alpha value is -1.10. The van der Waals surface area contributed by atoms with E-state index in [-0.39, 0.29) is 18.2 Å². The summed E-state index contributed by atoms with van der Waals surface area (Å²) in [5, 5.41) is 14.9. The molecule has 1 aliphatic heterocycles. The van der Waals surface area contributed by atoms with Gasteiger partial charge in [0.25, 0.3) is 0 Å². The number of rotatable bonds is 8. The van der Waals surface area contributed by atoms with E-state index in [2.05, 4.69) is 17.6 Å². The number of hydrogen-bond donors (Lipinski definition) is 3. The molecule has 1 saturated heterocycles. The maximum absolute atomic E-state index is 11.9. The van der Waals surface area contributed by atoms with Crippen LogP contribution in [-0.2, 0) is 9.59 Å². The number of hydrogen-bond acceptors (Lipinski definition) is 3. The van der Waals surface area contributed by atoms with Gasteiger partial charge >= 0.3 is 5.97 Å². The summed E-state index contributed by atoms with van der Waals surface area (Å²) < 4.78 is 0. The van der Waals surface area contributed by atoms with Crippen LogP contribution >= 0.6 is 0 Å². The monoisotopic (exact) mass is 270 g/mol. The molecule has 3 N–H and O–H groups in total. The van der Waals surface area contributed by atoms with E-state index >= 15 is 0 Å². The first-order valence-corrected chi connectivity index (χ1v) is 7.33. The van der Waals surface area contributed by atoms with Gasteiger partial charge in [-0.05, 0) is 38.1 Å². The molecule has 110 valence electrons. The van der Waals surface area contributed by atoms with Gasteiger partial charge in [0.15, 0.2) is 0 Å². The van der Waals surface area contributed by atoms with Crippen LogP contribution in [0.1, 0.15) is 45.4 Å². The number of carbonyl (C=O) groups is 2. The highest BCUT2D eigenvalue weighted by molar-refractivity contribution is 5.78. The Bertz CT molecular complexity index is 288. The fourth-order valence-corrected chi connectivity index (χ4v) is 2.50. The molecular formula is C14H26N2O3. The highest BCUT2D eigenvalue weighted by Crippen LogP contribution is 2.15. The van der Waals surface area contributed by atoms with Crippen LogP contribution in [0.2, 0.25) is 0 Å². The second-order valence-electron chi connectivity index (χ2n) is 5.33. The molecule has 19 heavy (non-hydrogen) atoms. The van der Waals surface area contributed by atoms with Crippen molar-refractivity contribution in [2.75, 3.05) is 19.6 Å². The lowest BCUT2D eigenvalue weighted by atomic mass is 9.96. The van der Waals surface area contributed by atoms with Crippen molar-refractivity contribution in [2.24, 2.45) is 11.8 Å². The number of amides is 1. The maximum atomic E-state index is 11.9. The second kappa shape index (κ2) is 8.91. The SMILES string of the molecule is CCC(CCNC(=O)[C@H]1CCCNC1)CCC(=O)O. The highest BCUT2D eigenvalue weighted by atomic mass is 16.4. The number of carboxylic acids is 1. The summed E-state index contributed by atoms with van der Waals surface area (Å²) in [6, 6.07) is 0. The Kier molecular flexibility index (Phi) is 7.48. The van der Waals surface area contributed by atoms with Gasteiger partial charge in [0.05, 0.1) is 5.92 Å². The van der Waals surface area contributed by atoms with Crippen LogP contribution in [0, 0.1) is 11.8 Å². The van der Waals surface area contributed by atoms with E-state index in [1.54, 1.807) is 0 Å². The van der Waals surface area contributed by atoms with Crippen molar-refractivity contribution in [3.05, 3.63) is 0 Å². The van der Waals surface area contributed by atoms with E-state index in [4.69, 9.17) is 5.11 Å². The predicted octanol–water partition coefficient (Wildman–Crippen LogP) is 1.38. The van der Waals surface area contributed by atoms with E-state index in [1.165, 1.54) is 0 Å². The third kappa shape index (κ3) is 6.57. The molecule has 1 heterocycles. The Morgan fingerprint density at radius 3 is 2.79 bits per heavy atom. The first kappa shape index (κ1) is 16.0. The van der Waals surface area contributed by atoms with E-state index in [0.717, 1.165) is 38.8 Å². The van der Waals surface area contributed by atoms with Crippen molar-refractivity contribution in [1.29, 1.82) is 0 Å². The molecule has 1 rings (SSSR count). The zero-order valence-corrected chi connectivity index (χ0v) is 11.8. The number of nitrogens with one attached hydrogen (secondary N) is 2. The zero-order valence-electron chi connectivity index (χ0n) is 11.8. The van der Waals surface area contributed by atoms with Crippen molar-refractivity contribution in [3.8, 4) is 0 Å². The lowest BCUT2D eigenvalue weighted by Crippen LogP contribution is -2.41. The summed E-state index contributed by atoms with van der Waals surface area (Å²) in [6.45, 7) is 4.52. The maximum Gasteiger partial charge on any atom is 0.303 e. The molecule has 1 unspecified atom stereocenters. The standard InChI is InChI=1S/C14H26N2O3/c1-2-11(5-6-13(17)18)7-9-16-14(19)12-4-3-8-15-10-12/h11-12,15H,2-10H2,1H3,(H,16,19)(H,17,18)/t11?,12-/m0/s1. The second-order valence-corrected chi connectivity index (χ2v) is 5.33. The normalized spacial score (nSPS) is 20.8. The largest absolute Gasteiger partial charge is 0.481 e. The van der Waals surface area contributed by atoms with Gasteiger partial charge in [-0.2, -0.15) is 0 Å². The van der Waals surface area contributed by atoms with Crippen molar-refractivity contribution < 1.29 is 14.7 Å². The fraction of sp³-hybridized carbons (Fsp3) is 0.857. The van der Waals surface area contributed by atoms with E-state index in [1.807, 2.05) is 0 Å². The Balaban J connectivity index is 2.16. The molecule has 1 aliphatic rings. The van der Waals surface area contributed by atoms with E-state index in [9.17, 15) is 9.59 Å². The molecule has 0 aromatic heterocycles. The predicted molar refractivity (Wildman–Crippen MR) is 73.9 cm³/mol. The molecular weight excluding hydrogens is 244 g/mol. The van der Waals surface area contributed by atoms with Gasteiger partial charge in [0, 0.05) is 19.5 Å². The summed E-state index contributed by atoms with van der Waals surface area (Å²) in [5.74, 6) is -0.107. The Labute approximate surface area is 115 Å². The first-order valence-electron chi connectivity index (χ1n) is 7.33. The van der Waals surface area contributed by atoms with Crippen molar-refractivity contribution in [3.63, 3.8) is 0 Å². The number of aliphatic carboxylic acids is 1. The van der Waals surface area contributed by atoms with Crippen molar-refractivity contribution >= 4 is 11.9 Å². The molecule has 0 saturated carbocycles. The molecule has 2 atom stereocenters. The van der Waals surface area contributed by atoms with Gasteiger partial charge < -0.3 is 15.7 Å². The quantitative estimate of drug-likeness (QED) is 0.622. The lowest BCUT2D eigenvalue weighted by molar-refractivity contribution is -0.137. The smallest absolute Gasteiger partial charge is 0.303 e. The zero-order chi connectivity index (χ0) is 14.1. The van der Waals surface area contributed by atoms with Gasteiger partial charge in [-0.15, -0.1) is 0 Å². The molecule has 1 fully saturated rings. The molecule has 0 aliphatic carbocycles. The topological polar surface area (TPSA) is 78.4 Å². The lowest BCUT2D eigenvalue weighted by Gasteiger charge is -2.22. The van der Waals surface area contributed by atoms with Crippen molar-refractivity contribution in [2.45, 2.75) is 45.4 Å². The summed E-state index contributed by atoms with van der Waals surface area (Å²) in [6.07, 6.45) is 4.79. The van der Waals surface area contributed by atoms with Crippen LogP contribution in [0.25, 0.3) is 0 Å². The van der Waals surface area contributed by atoms with Gasteiger partial charge in [-0.25, -0.2) is 0 Å². The van der Waals surface area contributed by atoms with E-state index in [0.29, 0.717) is 18.9 Å². The summed E-state index contributed by atoms with van der Waals surface area (Å²) >= 11 is 0. The minimum atomic E-state index is -0.740. The third-order valence-electron chi connectivity index (χ3n) is 3.86. The van der Waals surface area contributed by atoms with Crippen LogP contribution in [0.3, 0.4) is 0 Å². The summed E-state index contributed by atoms with van der Waals surface area (Å²) in [4.78, 5) is 22.4. The molecule has 0 aromatic rings. The summed E-state index contributed by atoms with van der Waals surface area (Å²) in [7, 11) is 0. The molecule has 0 aromatic carbocycles. The molecule has 5 heteroatoms. The van der Waals surface area contributed by atoms with Gasteiger partial charge in [-0.1, -0.05) is 13.3 Å². The Morgan fingerprint density at radius 1 is 1.42 bits per heavy atom. The van der Waals surface area contributed by atoms with Crippen LogP contribution in [0.15, 0.2) is 0 Å². The highest BCUT2D eigenvalue weighted by Gasteiger charge is 2.20.